The lowest BCUT2D eigenvalue weighted by Crippen LogP contribution is -2.51. The second kappa shape index (κ2) is 5.87. The summed E-state index contributed by atoms with van der Waals surface area (Å²) < 4.78 is 5.10. The van der Waals surface area contributed by atoms with E-state index in [0.717, 1.165) is 11.3 Å². The molecule has 0 aliphatic carbocycles. The minimum absolute atomic E-state index is 0.0201. The van der Waals surface area contributed by atoms with Crippen LogP contribution in [0.15, 0.2) is 24.3 Å². The van der Waals surface area contributed by atoms with Gasteiger partial charge in [0, 0.05) is 0 Å². The molecule has 18 heavy (non-hydrogen) atoms. The second-order valence-electron chi connectivity index (χ2n) is 4.84. The maximum atomic E-state index is 12.0. The molecule has 0 fully saturated rings. The Morgan fingerprint density at radius 1 is 1.28 bits per heavy atom. The van der Waals surface area contributed by atoms with Gasteiger partial charge in [0.05, 0.1) is 18.7 Å². The number of likely N-dealkylation sites (N-methyl/N-ethyl adjacent to an activating group) is 1. The summed E-state index contributed by atoms with van der Waals surface area (Å²) in [7, 11) is 3.41. The van der Waals surface area contributed by atoms with Gasteiger partial charge in [-0.1, -0.05) is 12.1 Å². The van der Waals surface area contributed by atoms with Crippen LogP contribution in [0.5, 0.6) is 5.75 Å². The molecule has 0 aromatic heterocycles. The Morgan fingerprint density at radius 2 is 1.83 bits per heavy atom. The lowest BCUT2D eigenvalue weighted by molar-refractivity contribution is -0.126. The van der Waals surface area contributed by atoms with Gasteiger partial charge >= 0.3 is 0 Å². The number of hydrogen-bond donors (Lipinski definition) is 2. The van der Waals surface area contributed by atoms with Crippen LogP contribution in [0.3, 0.4) is 0 Å². The fourth-order valence-corrected chi connectivity index (χ4v) is 1.47. The summed E-state index contributed by atoms with van der Waals surface area (Å²) in [6, 6.07) is 7.66. The van der Waals surface area contributed by atoms with Crippen molar-refractivity contribution in [3.8, 4) is 5.75 Å². The van der Waals surface area contributed by atoms with E-state index in [0.29, 0.717) is 0 Å². The first-order chi connectivity index (χ1) is 8.40. The van der Waals surface area contributed by atoms with Crippen LogP contribution in [-0.2, 0) is 4.79 Å². The summed E-state index contributed by atoms with van der Waals surface area (Å²) in [5.74, 6) is 0.793. The Hall–Kier alpha value is -1.55. The quantitative estimate of drug-likeness (QED) is 0.839. The number of amides is 1. The minimum atomic E-state index is -0.569. The number of nitrogens with one attached hydrogen (secondary N) is 2. The van der Waals surface area contributed by atoms with Crippen molar-refractivity contribution in [1.29, 1.82) is 0 Å². The maximum Gasteiger partial charge on any atom is 0.240 e. The van der Waals surface area contributed by atoms with E-state index < -0.39 is 5.54 Å². The summed E-state index contributed by atoms with van der Waals surface area (Å²) in [6.07, 6.45) is 0. The molecular weight excluding hydrogens is 228 g/mol. The monoisotopic (exact) mass is 250 g/mol. The highest BCUT2D eigenvalue weighted by atomic mass is 16.5. The van der Waals surface area contributed by atoms with Crippen molar-refractivity contribution in [1.82, 2.24) is 10.6 Å². The molecule has 1 aromatic carbocycles. The van der Waals surface area contributed by atoms with Gasteiger partial charge in [-0.15, -0.1) is 0 Å². The number of rotatable bonds is 5. The minimum Gasteiger partial charge on any atom is -0.497 e. The number of methoxy groups -OCH3 is 1. The molecule has 0 aliphatic heterocycles. The molecule has 0 bridgehead atoms. The molecule has 0 saturated heterocycles. The average Bonchev–Trinajstić information content (AvgIpc) is 2.38. The topological polar surface area (TPSA) is 50.4 Å². The van der Waals surface area contributed by atoms with Crippen molar-refractivity contribution in [3.63, 3.8) is 0 Å². The van der Waals surface area contributed by atoms with Crippen molar-refractivity contribution >= 4 is 5.91 Å². The Morgan fingerprint density at radius 3 is 2.28 bits per heavy atom. The fourth-order valence-electron chi connectivity index (χ4n) is 1.47. The van der Waals surface area contributed by atoms with E-state index in [4.69, 9.17) is 4.74 Å². The zero-order chi connectivity index (χ0) is 13.8. The summed E-state index contributed by atoms with van der Waals surface area (Å²) in [4.78, 5) is 12.0. The third-order valence-corrected chi connectivity index (χ3v) is 3.16. The summed E-state index contributed by atoms with van der Waals surface area (Å²) in [6.45, 7) is 5.66. The molecule has 0 spiro atoms. The maximum absolute atomic E-state index is 12.0. The van der Waals surface area contributed by atoms with Gasteiger partial charge in [0.15, 0.2) is 0 Å². The van der Waals surface area contributed by atoms with Crippen LogP contribution in [0, 0.1) is 0 Å². The highest BCUT2D eigenvalue weighted by molar-refractivity contribution is 5.85. The van der Waals surface area contributed by atoms with Crippen LogP contribution < -0.4 is 15.4 Å². The number of hydrogen-bond acceptors (Lipinski definition) is 3. The molecule has 1 rings (SSSR count). The predicted octanol–water partition coefficient (Wildman–Crippen LogP) is 1.87. The Kier molecular flexibility index (Phi) is 4.73. The zero-order valence-corrected chi connectivity index (χ0v) is 11.7. The van der Waals surface area contributed by atoms with Gasteiger partial charge in [0.1, 0.15) is 5.75 Å². The summed E-state index contributed by atoms with van der Waals surface area (Å²) >= 11 is 0. The molecule has 1 atom stereocenters. The number of benzene rings is 1. The Labute approximate surface area is 109 Å². The van der Waals surface area contributed by atoms with Crippen LogP contribution in [0.1, 0.15) is 32.4 Å². The Balaban J connectivity index is 2.70. The van der Waals surface area contributed by atoms with Gasteiger partial charge in [-0.05, 0) is 45.5 Å². The molecule has 1 unspecified atom stereocenters. The third kappa shape index (κ3) is 3.47. The first-order valence-corrected chi connectivity index (χ1v) is 6.04. The first-order valence-electron chi connectivity index (χ1n) is 6.04. The molecule has 1 amide bonds. The van der Waals surface area contributed by atoms with E-state index in [2.05, 4.69) is 10.6 Å². The summed E-state index contributed by atoms with van der Waals surface area (Å²) in [5.41, 5.74) is 0.483. The van der Waals surface area contributed by atoms with E-state index in [-0.39, 0.29) is 11.9 Å². The van der Waals surface area contributed by atoms with Crippen LogP contribution in [0.2, 0.25) is 0 Å². The molecule has 0 aliphatic rings. The van der Waals surface area contributed by atoms with Crippen LogP contribution >= 0.6 is 0 Å². The second-order valence-corrected chi connectivity index (χ2v) is 4.84. The lowest BCUT2D eigenvalue weighted by atomic mass is 10.0. The molecule has 0 saturated carbocycles. The summed E-state index contributed by atoms with van der Waals surface area (Å²) in [5, 5.41) is 5.97. The molecular formula is C14H22N2O2. The van der Waals surface area contributed by atoms with Gasteiger partial charge in [0.25, 0.3) is 0 Å². The fraction of sp³-hybridized carbons (Fsp3) is 0.500. The largest absolute Gasteiger partial charge is 0.497 e. The number of carbonyl (C=O) groups is 1. The van der Waals surface area contributed by atoms with E-state index >= 15 is 0 Å². The van der Waals surface area contributed by atoms with Crippen molar-refractivity contribution < 1.29 is 9.53 Å². The van der Waals surface area contributed by atoms with Crippen LogP contribution in [-0.4, -0.2) is 25.6 Å². The van der Waals surface area contributed by atoms with Gasteiger partial charge in [-0.3, -0.25) is 4.79 Å². The third-order valence-electron chi connectivity index (χ3n) is 3.16. The zero-order valence-electron chi connectivity index (χ0n) is 11.7. The SMILES string of the molecule is CNC(C)(C)C(=O)NC(C)c1ccc(OC)cc1. The standard InChI is InChI=1S/C14H22N2O2/c1-10(16-13(17)14(2,3)15-4)11-6-8-12(18-5)9-7-11/h6-10,15H,1-5H3,(H,16,17). The average molecular weight is 250 g/mol. The Bertz CT molecular complexity index is 399. The van der Waals surface area contributed by atoms with Crippen molar-refractivity contribution in [2.24, 2.45) is 0 Å². The van der Waals surface area contributed by atoms with Gasteiger partial charge in [-0.2, -0.15) is 0 Å². The molecule has 0 heterocycles. The van der Waals surface area contributed by atoms with Crippen LogP contribution in [0.4, 0.5) is 0 Å². The number of carbonyl (C=O) groups excluding carboxylic acids is 1. The normalized spacial score (nSPS) is 12.9. The van der Waals surface area contributed by atoms with E-state index in [1.165, 1.54) is 0 Å². The molecule has 0 radical (unpaired) electrons. The van der Waals surface area contributed by atoms with Crippen LogP contribution in [0.25, 0.3) is 0 Å². The van der Waals surface area contributed by atoms with Crippen molar-refractivity contribution in [2.75, 3.05) is 14.2 Å². The molecule has 1 aromatic rings. The van der Waals surface area contributed by atoms with Gasteiger partial charge in [0.2, 0.25) is 5.91 Å². The molecule has 4 heteroatoms. The lowest BCUT2D eigenvalue weighted by Gasteiger charge is -2.25. The molecule has 100 valence electrons. The van der Waals surface area contributed by atoms with E-state index in [9.17, 15) is 4.79 Å². The van der Waals surface area contributed by atoms with Crippen molar-refractivity contribution in [3.05, 3.63) is 29.8 Å². The smallest absolute Gasteiger partial charge is 0.240 e. The first kappa shape index (κ1) is 14.5. The highest BCUT2D eigenvalue weighted by Gasteiger charge is 2.26. The molecule has 4 nitrogen and oxygen atoms in total. The van der Waals surface area contributed by atoms with E-state index in [1.54, 1.807) is 14.2 Å². The van der Waals surface area contributed by atoms with Gasteiger partial charge < -0.3 is 15.4 Å². The van der Waals surface area contributed by atoms with Crippen molar-refractivity contribution in [2.45, 2.75) is 32.4 Å². The van der Waals surface area contributed by atoms with E-state index in [1.807, 2.05) is 45.0 Å². The predicted molar refractivity (Wildman–Crippen MR) is 72.7 cm³/mol. The highest BCUT2D eigenvalue weighted by Crippen LogP contribution is 2.17. The number of ether oxygens (including phenoxy) is 1. The molecule has 2 N–H and O–H groups in total. The van der Waals surface area contributed by atoms with Gasteiger partial charge in [-0.25, -0.2) is 0 Å².